The summed E-state index contributed by atoms with van der Waals surface area (Å²) >= 11 is 0. The van der Waals surface area contributed by atoms with Gasteiger partial charge in [-0.05, 0) is 46.7 Å². The summed E-state index contributed by atoms with van der Waals surface area (Å²) in [5.41, 5.74) is 7.36. The standard InChI is InChI=1S/C39H37N4O.Pt/c1-38(2,3)26-20-21-40-37(22-26)43-32-13-9-8-12-29(32)30-18-17-28(24-35(30)43)44-36-23-27(16-19-31(36)39(4,5)6)42-25-41(7)33-14-10-11-15-34(33)42;/h8-22,25H,1-7H3;/q-1;. The molecule has 0 aliphatic rings. The van der Waals surface area contributed by atoms with Crippen LogP contribution in [-0.2, 0) is 38.9 Å². The van der Waals surface area contributed by atoms with Gasteiger partial charge in [0.15, 0.2) is 17.4 Å². The van der Waals surface area contributed by atoms with Crippen molar-refractivity contribution in [3.63, 3.8) is 0 Å². The van der Waals surface area contributed by atoms with E-state index in [4.69, 9.17) is 9.72 Å². The molecule has 5 nitrogen and oxygen atoms in total. The number of imidazole rings is 1. The quantitative estimate of drug-likeness (QED) is 0.167. The van der Waals surface area contributed by atoms with Crippen molar-refractivity contribution in [1.29, 1.82) is 0 Å². The number of ether oxygens (including phenoxy) is 1. The summed E-state index contributed by atoms with van der Waals surface area (Å²) in [4.78, 5) is 4.82. The second-order valence-corrected chi connectivity index (χ2v) is 13.6. The van der Waals surface area contributed by atoms with Gasteiger partial charge in [-0.15, -0.1) is 29.1 Å². The number of hydrogen-bond donors (Lipinski definition) is 0. The van der Waals surface area contributed by atoms with Crippen molar-refractivity contribution in [2.24, 2.45) is 7.05 Å². The van der Waals surface area contributed by atoms with E-state index in [1.54, 1.807) is 0 Å². The molecule has 6 heteroatoms. The Morgan fingerprint density at radius 1 is 0.733 bits per heavy atom. The van der Waals surface area contributed by atoms with Crippen LogP contribution >= 0.6 is 0 Å². The van der Waals surface area contributed by atoms with Crippen molar-refractivity contribution in [2.75, 3.05) is 0 Å². The molecule has 7 aromatic rings. The number of aromatic nitrogens is 4. The summed E-state index contributed by atoms with van der Waals surface area (Å²) < 4.78 is 13.2. The molecule has 0 fully saturated rings. The second-order valence-electron chi connectivity index (χ2n) is 13.6. The average Bonchev–Trinajstić information content (AvgIpc) is 3.51. The monoisotopic (exact) mass is 772 g/mol. The van der Waals surface area contributed by atoms with Crippen LogP contribution in [0.3, 0.4) is 0 Å². The summed E-state index contributed by atoms with van der Waals surface area (Å²) in [6, 6.07) is 36.8. The molecule has 3 heterocycles. The van der Waals surface area contributed by atoms with Crippen LogP contribution in [0.2, 0.25) is 0 Å². The Hall–Kier alpha value is -4.21. The van der Waals surface area contributed by atoms with Crippen LogP contribution in [-0.4, -0.2) is 18.7 Å². The van der Waals surface area contributed by atoms with Gasteiger partial charge in [0.2, 0.25) is 0 Å². The molecule has 3 aromatic heterocycles. The van der Waals surface area contributed by atoms with Gasteiger partial charge in [0.1, 0.15) is 5.82 Å². The molecular formula is C39H37N4OPt-. The van der Waals surface area contributed by atoms with Crippen molar-refractivity contribution in [2.45, 2.75) is 52.4 Å². The Morgan fingerprint density at radius 2 is 1.44 bits per heavy atom. The summed E-state index contributed by atoms with van der Waals surface area (Å²) in [5, 5.41) is 2.26. The second kappa shape index (κ2) is 11.3. The molecule has 7 rings (SSSR count). The molecule has 0 atom stereocenters. The Morgan fingerprint density at radius 3 is 2.18 bits per heavy atom. The Balaban J connectivity index is 0.00000357. The van der Waals surface area contributed by atoms with Crippen molar-refractivity contribution in [3.8, 4) is 23.0 Å². The maximum absolute atomic E-state index is 6.73. The first kappa shape index (κ1) is 30.8. The summed E-state index contributed by atoms with van der Waals surface area (Å²) in [5.74, 6) is 2.20. The van der Waals surface area contributed by atoms with Gasteiger partial charge in [-0.1, -0.05) is 76.7 Å². The fraction of sp³-hybridized carbons (Fsp3) is 0.231. The normalized spacial score (nSPS) is 12.2. The van der Waals surface area contributed by atoms with Gasteiger partial charge in [0.25, 0.3) is 0 Å². The molecule has 0 spiro atoms. The van der Waals surface area contributed by atoms with Gasteiger partial charge in [-0.25, -0.2) is 14.1 Å². The van der Waals surface area contributed by atoms with E-state index < -0.39 is 0 Å². The van der Waals surface area contributed by atoms with Crippen LogP contribution in [0.5, 0.6) is 11.5 Å². The maximum atomic E-state index is 6.73. The molecule has 0 unspecified atom stereocenters. The van der Waals surface area contributed by atoms with Crippen LogP contribution in [0.25, 0.3) is 44.3 Å². The first-order valence-electron chi connectivity index (χ1n) is 15.1. The van der Waals surface area contributed by atoms with Gasteiger partial charge in [-0.2, -0.15) is 12.1 Å². The van der Waals surface area contributed by atoms with E-state index in [1.807, 2.05) is 12.3 Å². The van der Waals surface area contributed by atoms with E-state index in [-0.39, 0.29) is 31.9 Å². The predicted molar refractivity (Wildman–Crippen MR) is 180 cm³/mol. The minimum absolute atomic E-state index is 0. The van der Waals surface area contributed by atoms with Crippen LogP contribution in [0.4, 0.5) is 0 Å². The number of aryl methyl sites for hydroxylation is 1. The molecule has 0 radical (unpaired) electrons. The third-order valence-electron chi connectivity index (χ3n) is 8.38. The van der Waals surface area contributed by atoms with Gasteiger partial charge in [-0.3, -0.25) is 0 Å². The van der Waals surface area contributed by atoms with E-state index in [0.717, 1.165) is 49.9 Å². The van der Waals surface area contributed by atoms with E-state index in [1.165, 1.54) is 5.56 Å². The molecular weight excluding hydrogens is 736 g/mol. The van der Waals surface area contributed by atoms with Crippen LogP contribution < -0.4 is 4.74 Å². The number of fused-ring (bicyclic) bond motifs is 4. The fourth-order valence-electron chi connectivity index (χ4n) is 6.02. The van der Waals surface area contributed by atoms with E-state index in [0.29, 0.717) is 11.5 Å². The molecule has 0 amide bonds. The zero-order valence-electron chi connectivity index (χ0n) is 26.8. The smallest absolute Gasteiger partial charge is 0.188 e. The van der Waals surface area contributed by atoms with E-state index >= 15 is 0 Å². The number of pyridine rings is 1. The topological polar surface area (TPSA) is 36.9 Å². The molecule has 4 aromatic carbocycles. The Kier molecular flexibility index (Phi) is 7.73. The zero-order valence-corrected chi connectivity index (χ0v) is 29.0. The molecule has 45 heavy (non-hydrogen) atoms. The third-order valence-corrected chi connectivity index (χ3v) is 8.38. The minimum Gasteiger partial charge on any atom is -0.508 e. The third kappa shape index (κ3) is 5.48. The van der Waals surface area contributed by atoms with Crippen molar-refractivity contribution in [1.82, 2.24) is 18.7 Å². The van der Waals surface area contributed by atoms with Crippen LogP contribution in [0, 0.1) is 12.1 Å². The predicted octanol–water partition coefficient (Wildman–Crippen LogP) is 9.73. The number of nitrogens with zero attached hydrogens (tertiary/aromatic N) is 4. The largest absolute Gasteiger partial charge is 0.508 e. The average molecular weight is 773 g/mol. The number of para-hydroxylation sites is 3. The Labute approximate surface area is 279 Å². The first-order valence-corrected chi connectivity index (χ1v) is 15.1. The van der Waals surface area contributed by atoms with Gasteiger partial charge < -0.3 is 9.30 Å². The number of benzene rings is 4. The molecule has 0 bridgehead atoms. The van der Waals surface area contributed by atoms with Crippen molar-refractivity contribution in [3.05, 3.63) is 121 Å². The molecule has 0 aliphatic carbocycles. The summed E-state index contributed by atoms with van der Waals surface area (Å²) in [7, 11) is 2.06. The molecule has 0 N–H and O–H groups in total. The van der Waals surface area contributed by atoms with Crippen molar-refractivity contribution < 1.29 is 25.8 Å². The van der Waals surface area contributed by atoms with E-state index in [2.05, 4.69) is 160 Å². The van der Waals surface area contributed by atoms with Gasteiger partial charge >= 0.3 is 0 Å². The van der Waals surface area contributed by atoms with Gasteiger partial charge in [0, 0.05) is 69.1 Å². The maximum Gasteiger partial charge on any atom is 0.188 e. The van der Waals surface area contributed by atoms with Crippen LogP contribution in [0.1, 0.15) is 52.7 Å². The molecule has 0 saturated carbocycles. The zero-order chi connectivity index (χ0) is 30.8. The molecule has 0 aliphatic heterocycles. The first-order chi connectivity index (χ1) is 21.0. The fourth-order valence-corrected chi connectivity index (χ4v) is 6.02. The van der Waals surface area contributed by atoms with Crippen molar-refractivity contribution >= 4 is 32.8 Å². The SMILES string of the molecule is Cn1[cH+]n(-c2[c-]c(Oc3[c-]c4c(cc3)c3ccccc3n4-c3cc(C(C)(C)C)ccn3)c(C(C)(C)C)cc2)c2ccccc21.[Pt]. The molecule has 230 valence electrons. The molecule has 0 saturated heterocycles. The number of rotatable bonds is 4. The summed E-state index contributed by atoms with van der Waals surface area (Å²) in [6.07, 6.45) is 3.99. The van der Waals surface area contributed by atoms with Crippen LogP contribution in [0.15, 0.2) is 97.5 Å². The van der Waals surface area contributed by atoms with E-state index in [9.17, 15) is 0 Å². The van der Waals surface area contributed by atoms with Gasteiger partial charge in [0.05, 0.1) is 0 Å². The minimum atomic E-state index is -0.149. The Bertz CT molecular complexity index is 2190. The summed E-state index contributed by atoms with van der Waals surface area (Å²) in [6.45, 7) is 13.3. The number of hydrogen-bond acceptors (Lipinski definition) is 2.